The molecule has 1 aromatic heterocycles. The van der Waals surface area contributed by atoms with Crippen LogP contribution >= 0.6 is 0 Å². The molecule has 1 fully saturated rings. The number of fused-ring (bicyclic) bond motifs is 1. The van der Waals surface area contributed by atoms with Crippen LogP contribution in [0.25, 0.3) is 10.9 Å². The molecule has 6 nitrogen and oxygen atoms in total. The van der Waals surface area contributed by atoms with Crippen LogP contribution in [-0.4, -0.2) is 52.5 Å². The molecule has 6 heteroatoms. The van der Waals surface area contributed by atoms with Crippen molar-refractivity contribution in [2.45, 2.75) is 25.3 Å². The molecule has 1 atom stereocenters. The van der Waals surface area contributed by atoms with Gasteiger partial charge in [-0.25, -0.2) is 0 Å². The smallest absolute Gasteiger partial charge is 0.248 e. The maximum absolute atomic E-state index is 12.3. The number of pyridine rings is 1. The quantitative estimate of drug-likeness (QED) is 0.873. The van der Waals surface area contributed by atoms with Gasteiger partial charge in [-0.2, -0.15) is 0 Å². The Hall–Kier alpha value is -2.47. The summed E-state index contributed by atoms with van der Waals surface area (Å²) in [6.45, 7) is 0.616. The minimum absolute atomic E-state index is 0.0600. The summed E-state index contributed by atoms with van der Waals surface area (Å²) in [5.41, 5.74) is 1.78. The van der Waals surface area contributed by atoms with Gasteiger partial charge in [0.05, 0.1) is 11.9 Å². The molecule has 2 heterocycles. The standard InChI is InChI=1S/C18H21N3O3/c22-12-18(24)21-7-3-5-15(11-21)20-17(23)9-13-8-14-4-1-2-6-16(14)19-10-13/h1-2,4,6,8,10,15,22H,3,5,7,9,11-12H2,(H,20,23)/t15-/m0/s1. The van der Waals surface area contributed by atoms with E-state index in [1.54, 1.807) is 11.1 Å². The van der Waals surface area contributed by atoms with Crippen molar-refractivity contribution < 1.29 is 14.7 Å². The zero-order chi connectivity index (χ0) is 16.9. The Morgan fingerprint density at radius 1 is 1.33 bits per heavy atom. The average Bonchev–Trinajstić information content (AvgIpc) is 2.61. The number of likely N-dealkylation sites (tertiary alicyclic amines) is 1. The van der Waals surface area contributed by atoms with Gasteiger partial charge in [0.25, 0.3) is 0 Å². The predicted molar refractivity (Wildman–Crippen MR) is 90.3 cm³/mol. The number of amides is 2. The zero-order valence-electron chi connectivity index (χ0n) is 13.4. The first-order valence-electron chi connectivity index (χ1n) is 8.17. The van der Waals surface area contributed by atoms with Crippen molar-refractivity contribution >= 4 is 22.7 Å². The fraction of sp³-hybridized carbons (Fsp3) is 0.389. The molecule has 1 aromatic carbocycles. The van der Waals surface area contributed by atoms with Crippen molar-refractivity contribution in [2.75, 3.05) is 19.7 Å². The lowest BCUT2D eigenvalue weighted by molar-refractivity contribution is -0.136. The van der Waals surface area contributed by atoms with Gasteiger partial charge in [0.15, 0.2) is 0 Å². The third-order valence-electron chi connectivity index (χ3n) is 4.29. The topological polar surface area (TPSA) is 82.5 Å². The average molecular weight is 327 g/mol. The minimum atomic E-state index is -0.483. The molecule has 0 unspecified atom stereocenters. The summed E-state index contributed by atoms with van der Waals surface area (Å²) in [5, 5.41) is 12.9. The molecule has 24 heavy (non-hydrogen) atoms. The van der Waals surface area contributed by atoms with Crippen molar-refractivity contribution in [1.82, 2.24) is 15.2 Å². The number of hydrogen-bond donors (Lipinski definition) is 2. The van der Waals surface area contributed by atoms with Gasteiger partial charge in [0.1, 0.15) is 6.61 Å². The number of aliphatic hydroxyl groups is 1. The first kappa shape index (κ1) is 16.4. The Kier molecular flexibility index (Phi) is 5.05. The van der Waals surface area contributed by atoms with Crippen molar-refractivity contribution in [2.24, 2.45) is 0 Å². The van der Waals surface area contributed by atoms with Crippen LogP contribution in [0.15, 0.2) is 36.5 Å². The lowest BCUT2D eigenvalue weighted by Gasteiger charge is -2.32. The Balaban J connectivity index is 1.59. The summed E-state index contributed by atoms with van der Waals surface area (Å²) >= 11 is 0. The molecule has 1 aliphatic heterocycles. The summed E-state index contributed by atoms with van der Waals surface area (Å²) in [5.74, 6) is -0.358. The van der Waals surface area contributed by atoms with Crippen LogP contribution in [0.2, 0.25) is 0 Å². The molecule has 2 N–H and O–H groups in total. The van der Waals surface area contributed by atoms with E-state index in [2.05, 4.69) is 10.3 Å². The molecule has 0 spiro atoms. The van der Waals surface area contributed by atoms with Gasteiger partial charge in [0.2, 0.25) is 11.8 Å². The molecule has 0 radical (unpaired) electrons. The number of aromatic nitrogens is 1. The van der Waals surface area contributed by atoms with Crippen LogP contribution in [0.5, 0.6) is 0 Å². The predicted octanol–water partition coefficient (Wildman–Crippen LogP) is 0.877. The highest BCUT2D eigenvalue weighted by atomic mass is 16.3. The third-order valence-corrected chi connectivity index (χ3v) is 4.29. The molecule has 0 aliphatic carbocycles. The lowest BCUT2D eigenvalue weighted by Crippen LogP contribution is -2.50. The van der Waals surface area contributed by atoms with E-state index in [1.165, 1.54) is 0 Å². The molecular weight excluding hydrogens is 306 g/mol. The van der Waals surface area contributed by atoms with Crippen LogP contribution in [0.3, 0.4) is 0 Å². The summed E-state index contributed by atoms with van der Waals surface area (Å²) in [6.07, 6.45) is 3.66. The molecule has 0 bridgehead atoms. The second kappa shape index (κ2) is 7.40. The third kappa shape index (κ3) is 3.89. The van der Waals surface area contributed by atoms with E-state index in [1.807, 2.05) is 30.3 Å². The van der Waals surface area contributed by atoms with E-state index in [0.717, 1.165) is 29.3 Å². The van der Waals surface area contributed by atoms with E-state index in [-0.39, 0.29) is 24.3 Å². The Labute approximate surface area is 140 Å². The number of nitrogens with zero attached hydrogens (tertiary/aromatic N) is 2. The van der Waals surface area contributed by atoms with Crippen molar-refractivity contribution in [3.63, 3.8) is 0 Å². The van der Waals surface area contributed by atoms with E-state index in [9.17, 15) is 9.59 Å². The van der Waals surface area contributed by atoms with Crippen molar-refractivity contribution in [1.29, 1.82) is 0 Å². The number of carbonyl (C=O) groups is 2. The molecular formula is C18H21N3O3. The summed E-state index contributed by atoms with van der Waals surface area (Å²) in [4.78, 5) is 29.8. The molecule has 2 aromatic rings. The number of nitrogens with one attached hydrogen (secondary N) is 1. The Morgan fingerprint density at radius 3 is 3.00 bits per heavy atom. The summed E-state index contributed by atoms with van der Waals surface area (Å²) < 4.78 is 0. The number of carbonyl (C=O) groups excluding carboxylic acids is 2. The van der Waals surface area contributed by atoms with Gasteiger partial charge >= 0.3 is 0 Å². The van der Waals surface area contributed by atoms with Crippen molar-refractivity contribution in [3.05, 3.63) is 42.1 Å². The summed E-state index contributed by atoms with van der Waals surface area (Å²) in [6, 6.07) is 9.71. The van der Waals surface area contributed by atoms with E-state index in [0.29, 0.717) is 13.1 Å². The van der Waals surface area contributed by atoms with Crippen LogP contribution < -0.4 is 5.32 Å². The summed E-state index contributed by atoms with van der Waals surface area (Å²) in [7, 11) is 0. The van der Waals surface area contributed by atoms with E-state index in [4.69, 9.17) is 5.11 Å². The van der Waals surface area contributed by atoms with E-state index >= 15 is 0 Å². The highest BCUT2D eigenvalue weighted by molar-refractivity contribution is 5.83. The number of rotatable bonds is 4. The van der Waals surface area contributed by atoms with Crippen LogP contribution in [0, 0.1) is 0 Å². The molecule has 1 aliphatic rings. The van der Waals surface area contributed by atoms with Gasteiger partial charge in [0, 0.05) is 30.7 Å². The van der Waals surface area contributed by atoms with Crippen LogP contribution in [0.1, 0.15) is 18.4 Å². The van der Waals surface area contributed by atoms with Crippen molar-refractivity contribution in [3.8, 4) is 0 Å². The minimum Gasteiger partial charge on any atom is -0.387 e. The Bertz CT molecular complexity index is 747. The number of para-hydroxylation sites is 1. The molecule has 3 rings (SSSR count). The van der Waals surface area contributed by atoms with Gasteiger partial charge in [-0.1, -0.05) is 18.2 Å². The van der Waals surface area contributed by atoms with Crippen LogP contribution in [-0.2, 0) is 16.0 Å². The number of hydrogen-bond acceptors (Lipinski definition) is 4. The second-order valence-corrected chi connectivity index (χ2v) is 6.12. The number of benzene rings is 1. The van der Waals surface area contributed by atoms with Gasteiger partial charge < -0.3 is 15.3 Å². The number of piperidine rings is 1. The largest absolute Gasteiger partial charge is 0.387 e. The first-order chi connectivity index (χ1) is 11.7. The highest BCUT2D eigenvalue weighted by Gasteiger charge is 2.24. The fourth-order valence-electron chi connectivity index (χ4n) is 3.10. The molecule has 0 saturated carbocycles. The monoisotopic (exact) mass is 327 g/mol. The molecule has 2 amide bonds. The first-order valence-corrected chi connectivity index (χ1v) is 8.17. The molecule has 126 valence electrons. The normalized spacial score (nSPS) is 17.7. The zero-order valence-corrected chi connectivity index (χ0v) is 13.4. The Morgan fingerprint density at radius 2 is 2.17 bits per heavy atom. The maximum atomic E-state index is 12.3. The fourth-order valence-corrected chi connectivity index (χ4v) is 3.10. The SMILES string of the molecule is O=C(Cc1cnc2ccccc2c1)N[C@H]1CCCN(C(=O)CO)C1. The second-order valence-electron chi connectivity index (χ2n) is 6.12. The highest BCUT2D eigenvalue weighted by Crippen LogP contribution is 2.14. The molecule has 1 saturated heterocycles. The van der Waals surface area contributed by atoms with E-state index < -0.39 is 6.61 Å². The van der Waals surface area contributed by atoms with Gasteiger partial charge in [-0.15, -0.1) is 0 Å². The van der Waals surface area contributed by atoms with Gasteiger partial charge in [-0.05, 0) is 30.5 Å². The maximum Gasteiger partial charge on any atom is 0.248 e. The van der Waals surface area contributed by atoms with Gasteiger partial charge in [-0.3, -0.25) is 14.6 Å². The van der Waals surface area contributed by atoms with Crippen LogP contribution in [0.4, 0.5) is 0 Å². The number of aliphatic hydroxyl groups excluding tert-OH is 1. The lowest BCUT2D eigenvalue weighted by atomic mass is 10.0.